The van der Waals surface area contributed by atoms with E-state index in [1.54, 1.807) is 18.3 Å². The number of anilines is 1. The number of carbonyl (C=O) groups is 1. The van der Waals surface area contributed by atoms with Crippen molar-refractivity contribution < 1.29 is 9.53 Å². The molecule has 0 bridgehead atoms. The summed E-state index contributed by atoms with van der Waals surface area (Å²) in [5, 5.41) is 2.84. The van der Waals surface area contributed by atoms with E-state index in [-0.39, 0.29) is 11.7 Å². The first-order valence-corrected chi connectivity index (χ1v) is 8.35. The van der Waals surface area contributed by atoms with E-state index >= 15 is 0 Å². The number of benzene rings is 2. The molecule has 0 spiro atoms. The minimum Gasteiger partial charge on any atom is -0.457 e. The topological polar surface area (TPSA) is 77.2 Å². The first-order valence-electron chi connectivity index (χ1n) is 8.35. The molecular formula is C21H21N3O2. The monoisotopic (exact) mass is 347 g/mol. The number of nitrogens with zero attached hydrogens (tertiary/aromatic N) is 1. The summed E-state index contributed by atoms with van der Waals surface area (Å²) in [6.45, 7) is 4.53. The molecule has 0 saturated carbocycles. The molecule has 0 aliphatic carbocycles. The predicted molar refractivity (Wildman–Crippen MR) is 102 cm³/mol. The zero-order valence-corrected chi connectivity index (χ0v) is 14.8. The maximum absolute atomic E-state index is 12.2. The second-order valence-electron chi connectivity index (χ2n) is 6.11. The van der Waals surface area contributed by atoms with Crippen molar-refractivity contribution in [3.8, 4) is 11.5 Å². The van der Waals surface area contributed by atoms with Gasteiger partial charge in [-0.3, -0.25) is 4.79 Å². The minimum atomic E-state index is -0.244. The molecule has 0 saturated heterocycles. The van der Waals surface area contributed by atoms with Gasteiger partial charge in [0.1, 0.15) is 17.3 Å². The number of nitrogens with two attached hydrogens (primary N) is 1. The first kappa shape index (κ1) is 17.5. The zero-order chi connectivity index (χ0) is 18.5. The van der Waals surface area contributed by atoms with Gasteiger partial charge in [0.15, 0.2) is 0 Å². The van der Waals surface area contributed by atoms with Gasteiger partial charge in [-0.1, -0.05) is 18.2 Å². The molecule has 0 aliphatic heterocycles. The lowest BCUT2D eigenvalue weighted by molar-refractivity contribution is 0.0951. The van der Waals surface area contributed by atoms with E-state index in [0.717, 1.165) is 17.1 Å². The van der Waals surface area contributed by atoms with Gasteiger partial charge in [0.05, 0.1) is 5.56 Å². The van der Waals surface area contributed by atoms with Crippen molar-refractivity contribution in [2.45, 2.75) is 20.4 Å². The number of ether oxygens (including phenoxy) is 1. The lowest BCUT2D eigenvalue weighted by Crippen LogP contribution is -2.24. The second kappa shape index (κ2) is 7.70. The van der Waals surface area contributed by atoms with Crippen LogP contribution in [0.1, 0.15) is 27.0 Å². The average molecular weight is 347 g/mol. The van der Waals surface area contributed by atoms with Gasteiger partial charge in [-0.15, -0.1) is 0 Å². The Morgan fingerprint density at radius 2 is 1.77 bits per heavy atom. The lowest BCUT2D eigenvalue weighted by Gasteiger charge is -2.10. The molecule has 1 amide bonds. The molecule has 3 N–H and O–H groups in total. The molecule has 1 aromatic heterocycles. The number of nitrogens with one attached hydrogen (secondary N) is 1. The highest BCUT2D eigenvalue weighted by Crippen LogP contribution is 2.24. The number of carbonyl (C=O) groups excluding carboxylic acids is 1. The van der Waals surface area contributed by atoms with Crippen LogP contribution in [0.2, 0.25) is 0 Å². The summed E-state index contributed by atoms with van der Waals surface area (Å²) in [6.07, 6.45) is 1.56. The highest BCUT2D eigenvalue weighted by Gasteiger charge is 2.09. The van der Waals surface area contributed by atoms with Crippen LogP contribution in [0.15, 0.2) is 60.8 Å². The number of nitrogen functional groups attached to an aromatic ring is 1. The van der Waals surface area contributed by atoms with Crippen LogP contribution in [0.3, 0.4) is 0 Å². The number of aromatic nitrogens is 1. The largest absolute Gasteiger partial charge is 0.457 e. The first-order chi connectivity index (χ1) is 12.5. The van der Waals surface area contributed by atoms with Crippen molar-refractivity contribution in [1.82, 2.24) is 10.3 Å². The molecule has 1 heterocycles. The Kier molecular flexibility index (Phi) is 5.17. The zero-order valence-electron chi connectivity index (χ0n) is 14.8. The van der Waals surface area contributed by atoms with E-state index in [4.69, 9.17) is 10.5 Å². The van der Waals surface area contributed by atoms with E-state index in [1.807, 2.05) is 42.5 Å². The summed E-state index contributed by atoms with van der Waals surface area (Å²) in [5.41, 5.74) is 9.48. The molecule has 2 aromatic carbocycles. The van der Waals surface area contributed by atoms with Crippen LogP contribution in [0.5, 0.6) is 11.5 Å². The maximum Gasteiger partial charge on any atom is 0.255 e. The minimum absolute atomic E-state index is 0.224. The number of rotatable bonds is 5. The van der Waals surface area contributed by atoms with Crippen molar-refractivity contribution in [3.63, 3.8) is 0 Å². The molecule has 5 nitrogen and oxygen atoms in total. The van der Waals surface area contributed by atoms with Crippen molar-refractivity contribution in [1.29, 1.82) is 0 Å². The number of aryl methyl sites for hydroxylation is 2. The van der Waals surface area contributed by atoms with Crippen LogP contribution in [0, 0.1) is 13.8 Å². The summed E-state index contributed by atoms with van der Waals surface area (Å²) in [4.78, 5) is 16.1. The fraction of sp³-hybridized carbons (Fsp3) is 0.143. The standard InChI is InChI=1S/C21H21N3O2/c1-14-5-8-18(12-15(14)2)26-17-9-6-16(7-10-17)13-24-21(25)19-4-3-11-23-20(19)22/h3-12H,13H2,1-2H3,(H2,22,23)(H,24,25). The number of hydrogen-bond donors (Lipinski definition) is 2. The van der Waals surface area contributed by atoms with Crippen molar-refractivity contribution in [2.75, 3.05) is 5.73 Å². The third-order valence-corrected chi connectivity index (χ3v) is 4.17. The predicted octanol–water partition coefficient (Wildman–Crippen LogP) is 4.00. The highest BCUT2D eigenvalue weighted by molar-refractivity contribution is 5.98. The van der Waals surface area contributed by atoms with Gasteiger partial charge in [-0.05, 0) is 66.9 Å². The summed E-state index contributed by atoms with van der Waals surface area (Å²) in [7, 11) is 0. The van der Waals surface area contributed by atoms with E-state index in [0.29, 0.717) is 12.1 Å². The van der Waals surface area contributed by atoms with Crippen LogP contribution < -0.4 is 15.8 Å². The van der Waals surface area contributed by atoms with Crippen LogP contribution in [-0.2, 0) is 6.54 Å². The van der Waals surface area contributed by atoms with E-state index < -0.39 is 0 Å². The third kappa shape index (κ3) is 4.19. The molecule has 5 heteroatoms. The van der Waals surface area contributed by atoms with Gasteiger partial charge in [0.25, 0.3) is 5.91 Å². The molecule has 0 aliphatic rings. The lowest BCUT2D eigenvalue weighted by atomic mass is 10.1. The van der Waals surface area contributed by atoms with Crippen LogP contribution in [-0.4, -0.2) is 10.9 Å². The molecule has 3 rings (SSSR count). The van der Waals surface area contributed by atoms with Gasteiger partial charge < -0.3 is 15.8 Å². The Bertz CT molecular complexity index is 921. The molecule has 0 unspecified atom stereocenters. The fourth-order valence-corrected chi connectivity index (χ4v) is 2.48. The average Bonchev–Trinajstić information content (AvgIpc) is 2.64. The van der Waals surface area contributed by atoms with Crippen LogP contribution in [0.25, 0.3) is 0 Å². The van der Waals surface area contributed by atoms with Crippen molar-refractivity contribution in [3.05, 3.63) is 83.0 Å². The maximum atomic E-state index is 12.2. The quantitative estimate of drug-likeness (QED) is 0.731. The van der Waals surface area contributed by atoms with Crippen molar-refractivity contribution >= 4 is 11.7 Å². The Morgan fingerprint density at radius 3 is 2.46 bits per heavy atom. The number of hydrogen-bond acceptors (Lipinski definition) is 4. The molecule has 132 valence electrons. The SMILES string of the molecule is Cc1ccc(Oc2ccc(CNC(=O)c3cccnc3N)cc2)cc1C. The molecule has 0 radical (unpaired) electrons. The molecular weight excluding hydrogens is 326 g/mol. The Labute approximate surface area is 152 Å². The fourth-order valence-electron chi connectivity index (χ4n) is 2.48. The number of amides is 1. The Hall–Kier alpha value is -3.34. The van der Waals surface area contributed by atoms with Gasteiger partial charge in [-0.25, -0.2) is 4.98 Å². The van der Waals surface area contributed by atoms with Crippen molar-refractivity contribution in [2.24, 2.45) is 0 Å². The molecule has 0 atom stereocenters. The second-order valence-corrected chi connectivity index (χ2v) is 6.11. The Balaban J connectivity index is 1.60. The van der Waals surface area contributed by atoms with Gasteiger partial charge in [-0.2, -0.15) is 0 Å². The Morgan fingerprint density at radius 1 is 1.04 bits per heavy atom. The smallest absolute Gasteiger partial charge is 0.255 e. The summed E-state index contributed by atoms with van der Waals surface area (Å²) < 4.78 is 5.87. The van der Waals surface area contributed by atoms with E-state index in [1.165, 1.54) is 11.1 Å². The van der Waals surface area contributed by atoms with E-state index in [2.05, 4.69) is 24.1 Å². The van der Waals surface area contributed by atoms with Gasteiger partial charge >= 0.3 is 0 Å². The molecule has 26 heavy (non-hydrogen) atoms. The number of pyridine rings is 1. The third-order valence-electron chi connectivity index (χ3n) is 4.17. The normalized spacial score (nSPS) is 10.4. The highest BCUT2D eigenvalue weighted by atomic mass is 16.5. The van der Waals surface area contributed by atoms with Gasteiger partial charge in [0, 0.05) is 12.7 Å². The molecule has 3 aromatic rings. The summed E-state index contributed by atoms with van der Waals surface area (Å²) in [6, 6.07) is 17.0. The van der Waals surface area contributed by atoms with E-state index in [9.17, 15) is 4.79 Å². The summed E-state index contributed by atoms with van der Waals surface area (Å²) >= 11 is 0. The van der Waals surface area contributed by atoms with Crippen LogP contribution in [0.4, 0.5) is 5.82 Å². The molecule has 0 fully saturated rings. The van der Waals surface area contributed by atoms with Gasteiger partial charge in [0.2, 0.25) is 0 Å². The van der Waals surface area contributed by atoms with Crippen LogP contribution >= 0.6 is 0 Å². The summed E-state index contributed by atoms with van der Waals surface area (Å²) in [5.74, 6) is 1.54.